The molecule has 0 fully saturated rings. The van der Waals surface area contributed by atoms with Crippen LogP contribution in [0.15, 0.2) is 109 Å². The van der Waals surface area contributed by atoms with E-state index in [1.807, 2.05) is 79.7 Å². The third-order valence-corrected chi connectivity index (χ3v) is 6.66. The molecule has 0 bridgehead atoms. The molecule has 1 aliphatic rings. The summed E-state index contributed by atoms with van der Waals surface area (Å²) in [6.07, 6.45) is 1.72. The van der Waals surface area contributed by atoms with E-state index in [1.54, 1.807) is 23.1 Å². The number of nitrogens with zero attached hydrogens (tertiary/aromatic N) is 1. The van der Waals surface area contributed by atoms with Crippen molar-refractivity contribution >= 4 is 23.6 Å². The number of hydrogen-bond donors (Lipinski definition) is 1. The van der Waals surface area contributed by atoms with Gasteiger partial charge in [-0.2, -0.15) is 0 Å². The highest BCUT2D eigenvalue weighted by atomic mass is 16.5. The predicted octanol–water partition coefficient (Wildman–Crippen LogP) is 6.50. The number of ether oxygens (including phenoxy) is 1. The van der Waals surface area contributed by atoms with E-state index in [0.717, 1.165) is 22.4 Å². The molecule has 1 aliphatic heterocycles. The van der Waals surface area contributed by atoms with Crippen molar-refractivity contribution in [2.75, 3.05) is 11.4 Å². The first kappa shape index (κ1) is 25.0. The number of rotatable bonds is 7. The fourth-order valence-electron chi connectivity index (χ4n) is 4.54. The van der Waals surface area contributed by atoms with Gasteiger partial charge in [0.2, 0.25) is 0 Å². The second kappa shape index (κ2) is 11.2. The third kappa shape index (κ3) is 5.68. The van der Waals surface area contributed by atoms with Crippen molar-refractivity contribution < 1.29 is 14.3 Å². The normalized spacial score (nSPS) is 14.5. The van der Waals surface area contributed by atoms with Crippen LogP contribution in [0.4, 0.5) is 5.69 Å². The zero-order chi connectivity index (χ0) is 26.5. The molecule has 190 valence electrons. The summed E-state index contributed by atoms with van der Waals surface area (Å²) in [6.45, 7) is 5.12. The Bertz CT molecular complexity index is 1480. The summed E-state index contributed by atoms with van der Waals surface area (Å²) in [5.74, 6) is 0.751. The van der Waals surface area contributed by atoms with Crippen LogP contribution in [0.3, 0.4) is 0 Å². The molecule has 0 saturated carbocycles. The molecule has 1 heterocycles. The minimum Gasteiger partial charge on any atom is -0.449 e. The minimum absolute atomic E-state index is 0.129. The van der Waals surface area contributed by atoms with E-state index in [-0.39, 0.29) is 23.5 Å². The van der Waals surface area contributed by atoms with Crippen LogP contribution in [0.5, 0.6) is 5.75 Å². The Morgan fingerprint density at radius 1 is 0.921 bits per heavy atom. The number of anilines is 1. The van der Waals surface area contributed by atoms with Gasteiger partial charge in [-0.1, -0.05) is 91.3 Å². The number of aryl methyl sites for hydroxylation is 1. The molecule has 0 aromatic heterocycles. The Balaban J connectivity index is 1.31. The van der Waals surface area contributed by atoms with Gasteiger partial charge >= 0.3 is 0 Å². The van der Waals surface area contributed by atoms with E-state index < -0.39 is 0 Å². The van der Waals surface area contributed by atoms with Crippen LogP contribution < -0.4 is 15.0 Å². The van der Waals surface area contributed by atoms with Crippen LogP contribution in [0.1, 0.15) is 45.5 Å². The first-order valence-electron chi connectivity index (χ1n) is 12.8. The summed E-state index contributed by atoms with van der Waals surface area (Å²) in [5.41, 5.74) is 5.46. The Labute approximate surface area is 223 Å². The average molecular weight is 503 g/mol. The second-order valence-electron chi connectivity index (χ2n) is 9.60. The lowest BCUT2D eigenvalue weighted by atomic mass is 10.0. The van der Waals surface area contributed by atoms with Crippen LogP contribution in [0.25, 0.3) is 6.08 Å². The lowest BCUT2D eigenvalue weighted by Crippen LogP contribution is -2.36. The summed E-state index contributed by atoms with van der Waals surface area (Å²) < 4.78 is 6.02. The van der Waals surface area contributed by atoms with Crippen molar-refractivity contribution in [2.24, 2.45) is 0 Å². The van der Waals surface area contributed by atoms with Crippen LogP contribution in [-0.4, -0.2) is 18.4 Å². The summed E-state index contributed by atoms with van der Waals surface area (Å²) in [4.78, 5) is 27.9. The van der Waals surface area contributed by atoms with Gasteiger partial charge in [-0.05, 0) is 59.9 Å². The van der Waals surface area contributed by atoms with E-state index >= 15 is 0 Å². The Morgan fingerprint density at radius 3 is 2.42 bits per heavy atom. The van der Waals surface area contributed by atoms with Crippen molar-refractivity contribution in [3.8, 4) is 5.75 Å². The van der Waals surface area contributed by atoms with E-state index in [1.165, 1.54) is 5.56 Å². The predicted molar refractivity (Wildman–Crippen MR) is 151 cm³/mol. The Kier molecular flexibility index (Phi) is 7.36. The lowest BCUT2D eigenvalue weighted by Gasteiger charge is -2.30. The van der Waals surface area contributed by atoms with Gasteiger partial charge in [0.25, 0.3) is 11.8 Å². The Hall–Kier alpha value is -4.64. The number of amides is 2. The molecule has 38 heavy (non-hydrogen) atoms. The summed E-state index contributed by atoms with van der Waals surface area (Å²) in [5, 5.41) is 3.01. The summed E-state index contributed by atoms with van der Waals surface area (Å²) in [6, 6.07) is 33.0. The zero-order valence-electron chi connectivity index (χ0n) is 21.6. The van der Waals surface area contributed by atoms with Gasteiger partial charge in [-0.3, -0.25) is 14.5 Å². The molecule has 4 aromatic rings. The number of carbonyl (C=O) groups excluding carboxylic acids is 2. The molecule has 5 rings (SSSR count). The van der Waals surface area contributed by atoms with Crippen molar-refractivity contribution in [3.05, 3.63) is 137 Å². The van der Waals surface area contributed by atoms with Gasteiger partial charge in [0, 0.05) is 12.1 Å². The topological polar surface area (TPSA) is 58.6 Å². The van der Waals surface area contributed by atoms with Crippen molar-refractivity contribution in [2.45, 2.75) is 26.3 Å². The minimum atomic E-state index is -0.207. The van der Waals surface area contributed by atoms with Gasteiger partial charge in [-0.25, -0.2) is 0 Å². The summed E-state index contributed by atoms with van der Waals surface area (Å²) in [7, 11) is 0. The van der Waals surface area contributed by atoms with E-state index in [4.69, 9.17) is 4.74 Å². The number of benzene rings is 4. The number of para-hydroxylation sites is 2. The first-order valence-corrected chi connectivity index (χ1v) is 12.8. The van der Waals surface area contributed by atoms with Crippen LogP contribution in [0, 0.1) is 6.92 Å². The molecular formula is C33H30N2O3. The van der Waals surface area contributed by atoms with Crippen LogP contribution in [-0.2, 0) is 11.3 Å². The molecule has 1 N–H and O–H groups in total. The molecule has 0 aliphatic carbocycles. The second-order valence-corrected chi connectivity index (χ2v) is 9.60. The van der Waals surface area contributed by atoms with E-state index in [0.29, 0.717) is 24.4 Å². The quantitative estimate of drug-likeness (QED) is 0.294. The molecule has 1 atom stereocenters. The SMILES string of the molecule is Cc1cccc(CN2C(=O)C(=Cc3ccc(C(=O)NCC(C)c4ccccc4)cc3)Oc3ccccc32)c1. The largest absolute Gasteiger partial charge is 0.449 e. The molecule has 5 heteroatoms. The van der Waals surface area contributed by atoms with Crippen LogP contribution >= 0.6 is 0 Å². The fourth-order valence-corrected chi connectivity index (χ4v) is 4.54. The van der Waals surface area contributed by atoms with Gasteiger partial charge in [0.05, 0.1) is 12.2 Å². The lowest BCUT2D eigenvalue weighted by molar-refractivity contribution is -0.117. The molecule has 4 aromatic carbocycles. The first-order chi connectivity index (χ1) is 18.5. The molecule has 5 nitrogen and oxygen atoms in total. The molecule has 1 unspecified atom stereocenters. The molecule has 0 saturated heterocycles. The highest BCUT2D eigenvalue weighted by Crippen LogP contribution is 2.36. The van der Waals surface area contributed by atoms with Crippen molar-refractivity contribution in [1.82, 2.24) is 5.32 Å². The average Bonchev–Trinajstić information content (AvgIpc) is 2.94. The van der Waals surface area contributed by atoms with Crippen molar-refractivity contribution in [3.63, 3.8) is 0 Å². The maximum absolute atomic E-state index is 13.5. The van der Waals surface area contributed by atoms with Gasteiger partial charge in [-0.15, -0.1) is 0 Å². The zero-order valence-corrected chi connectivity index (χ0v) is 21.6. The number of fused-ring (bicyclic) bond motifs is 1. The number of carbonyl (C=O) groups is 2. The molecule has 0 spiro atoms. The van der Waals surface area contributed by atoms with Gasteiger partial charge in [0.1, 0.15) is 0 Å². The maximum Gasteiger partial charge on any atom is 0.294 e. The van der Waals surface area contributed by atoms with E-state index in [2.05, 4.69) is 30.4 Å². The van der Waals surface area contributed by atoms with Gasteiger partial charge in [0.15, 0.2) is 11.5 Å². The van der Waals surface area contributed by atoms with E-state index in [9.17, 15) is 9.59 Å². The Morgan fingerprint density at radius 2 is 1.66 bits per heavy atom. The molecule has 2 amide bonds. The maximum atomic E-state index is 13.5. The highest BCUT2D eigenvalue weighted by Gasteiger charge is 2.30. The number of hydrogen-bond acceptors (Lipinski definition) is 3. The fraction of sp³-hybridized carbons (Fsp3) is 0.152. The summed E-state index contributed by atoms with van der Waals surface area (Å²) >= 11 is 0. The smallest absolute Gasteiger partial charge is 0.294 e. The van der Waals surface area contributed by atoms with Gasteiger partial charge < -0.3 is 10.1 Å². The van der Waals surface area contributed by atoms with Crippen LogP contribution in [0.2, 0.25) is 0 Å². The molecule has 0 radical (unpaired) electrons. The molecular weight excluding hydrogens is 472 g/mol. The standard InChI is InChI=1S/C33H30N2O3/c1-23-9-8-10-26(19-23)22-35-29-13-6-7-14-30(29)38-31(33(35)37)20-25-15-17-28(18-16-25)32(36)34-21-24(2)27-11-4-3-5-12-27/h3-20,24H,21-22H2,1-2H3,(H,34,36). The third-order valence-electron chi connectivity index (χ3n) is 6.66. The monoisotopic (exact) mass is 502 g/mol. The highest BCUT2D eigenvalue weighted by molar-refractivity contribution is 6.09. The number of nitrogens with one attached hydrogen (secondary N) is 1. The van der Waals surface area contributed by atoms with Crippen molar-refractivity contribution in [1.29, 1.82) is 0 Å².